The van der Waals surface area contributed by atoms with Crippen LogP contribution in [0.2, 0.25) is 0 Å². The lowest BCUT2D eigenvalue weighted by atomic mass is 9.71. The molecular formula is C11H22O. The van der Waals surface area contributed by atoms with Gasteiger partial charge in [0.2, 0.25) is 0 Å². The van der Waals surface area contributed by atoms with E-state index in [0.717, 1.165) is 19.1 Å². The molecule has 0 N–H and O–H groups in total. The molecular weight excluding hydrogens is 148 g/mol. The van der Waals surface area contributed by atoms with Crippen LogP contribution in [0.15, 0.2) is 0 Å². The van der Waals surface area contributed by atoms with Crippen LogP contribution in [0, 0.1) is 11.3 Å². The molecule has 0 amide bonds. The summed E-state index contributed by atoms with van der Waals surface area (Å²) in [4.78, 5) is 0. The highest BCUT2D eigenvalue weighted by molar-refractivity contribution is 4.81. The summed E-state index contributed by atoms with van der Waals surface area (Å²) in [6.45, 7) is 9.00. The van der Waals surface area contributed by atoms with Crippen molar-refractivity contribution in [3.8, 4) is 0 Å². The second-order valence-electron chi connectivity index (χ2n) is 4.28. The van der Waals surface area contributed by atoms with E-state index >= 15 is 0 Å². The van der Waals surface area contributed by atoms with E-state index in [4.69, 9.17) is 4.74 Å². The minimum atomic E-state index is 0.528. The van der Waals surface area contributed by atoms with Crippen molar-refractivity contribution < 1.29 is 4.74 Å². The highest BCUT2D eigenvalue weighted by Gasteiger charge is 2.31. The predicted octanol–water partition coefficient (Wildman–Crippen LogP) is 3.24. The Kier molecular flexibility index (Phi) is 3.57. The molecule has 0 radical (unpaired) electrons. The maximum atomic E-state index is 5.53. The van der Waals surface area contributed by atoms with E-state index in [1.807, 2.05) is 0 Å². The van der Waals surface area contributed by atoms with Crippen LogP contribution in [-0.4, -0.2) is 13.2 Å². The van der Waals surface area contributed by atoms with Crippen LogP contribution in [0.1, 0.15) is 46.5 Å². The van der Waals surface area contributed by atoms with Crippen LogP contribution < -0.4 is 0 Å². The van der Waals surface area contributed by atoms with Crippen molar-refractivity contribution in [3.05, 3.63) is 0 Å². The van der Waals surface area contributed by atoms with Gasteiger partial charge < -0.3 is 4.74 Å². The zero-order valence-corrected chi connectivity index (χ0v) is 8.73. The van der Waals surface area contributed by atoms with E-state index in [9.17, 15) is 0 Å². The van der Waals surface area contributed by atoms with Crippen molar-refractivity contribution in [2.45, 2.75) is 46.5 Å². The van der Waals surface area contributed by atoms with Crippen LogP contribution in [0.3, 0.4) is 0 Å². The first-order valence-corrected chi connectivity index (χ1v) is 5.30. The van der Waals surface area contributed by atoms with Crippen molar-refractivity contribution in [2.75, 3.05) is 13.2 Å². The van der Waals surface area contributed by atoms with Gasteiger partial charge >= 0.3 is 0 Å². The molecule has 0 aromatic carbocycles. The molecule has 0 bridgehead atoms. The molecule has 0 spiro atoms. The van der Waals surface area contributed by atoms with Crippen LogP contribution in [0.4, 0.5) is 0 Å². The van der Waals surface area contributed by atoms with E-state index < -0.39 is 0 Å². The lowest BCUT2D eigenvalue weighted by Crippen LogP contribution is -2.32. The van der Waals surface area contributed by atoms with Crippen LogP contribution in [-0.2, 0) is 4.74 Å². The summed E-state index contributed by atoms with van der Waals surface area (Å²) in [5.41, 5.74) is 0.528. The van der Waals surface area contributed by atoms with Gasteiger partial charge in [-0.05, 0) is 24.2 Å². The summed E-state index contributed by atoms with van der Waals surface area (Å²) >= 11 is 0. The Morgan fingerprint density at radius 2 is 2.00 bits per heavy atom. The third kappa shape index (κ3) is 2.01. The van der Waals surface area contributed by atoms with E-state index in [0.29, 0.717) is 5.41 Å². The normalized spacial score (nSPS) is 25.8. The summed E-state index contributed by atoms with van der Waals surface area (Å²) in [7, 11) is 0. The first kappa shape index (κ1) is 10.0. The fourth-order valence-electron chi connectivity index (χ4n) is 2.12. The molecule has 72 valence electrons. The van der Waals surface area contributed by atoms with Crippen molar-refractivity contribution in [1.29, 1.82) is 0 Å². The van der Waals surface area contributed by atoms with Gasteiger partial charge in [-0.15, -0.1) is 0 Å². The molecule has 1 nitrogen and oxygen atoms in total. The predicted molar refractivity (Wildman–Crippen MR) is 52.2 cm³/mol. The summed E-state index contributed by atoms with van der Waals surface area (Å²) in [5, 5.41) is 0. The molecule has 1 aliphatic rings. The number of rotatable bonds is 3. The second-order valence-corrected chi connectivity index (χ2v) is 4.28. The summed E-state index contributed by atoms with van der Waals surface area (Å²) in [5.74, 6) is 0.807. The monoisotopic (exact) mass is 170 g/mol. The molecule has 0 aromatic heterocycles. The van der Waals surface area contributed by atoms with Gasteiger partial charge in [0.1, 0.15) is 0 Å². The van der Waals surface area contributed by atoms with E-state index in [1.54, 1.807) is 0 Å². The first-order chi connectivity index (χ1) is 5.73. The Balaban J connectivity index is 2.51. The molecule has 1 atom stereocenters. The fourth-order valence-corrected chi connectivity index (χ4v) is 2.12. The van der Waals surface area contributed by atoms with Crippen LogP contribution in [0.5, 0.6) is 0 Å². The number of hydrogen-bond acceptors (Lipinski definition) is 1. The highest BCUT2D eigenvalue weighted by atomic mass is 16.5. The Labute approximate surface area is 76.5 Å². The smallest absolute Gasteiger partial charge is 0.0499 e. The van der Waals surface area contributed by atoms with E-state index in [-0.39, 0.29) is 0 Å². The highest BCUT2D eigenvalue weighted by Crippen LogP contribution is 2.38. The lowest BCUT2D eigenvalue weighted by Gasteiger charge is -2.38. The second kappa shape index (κ2) is 4.27. The van der Waals surface area contributed by atoms with Gasteiger partial charge in [-0.1, -0.05) is 33.6 Å². The van der Waals surface area contributed by atoms with E-state index in [2.05, 4.69) is 20.8 Å². The SMILES string of the molecule is CCC(C)(CC)C1CCCOC1. The summed E-state index contributed by atoms with van der Waals surface area (Å²) in [6.07, 6.45) is 5.22. The summed E-state index contributed by atoms with van der Waals surface area (Å²) in [6, 6.07) is 0. The molecule has 12 heavy (non-hydrogen) atoms. The molecule has 0 saturated carbocycles. The van der Waals surface area contributed by atoms with Gasteiger partial charge in [-0.3, -0.25) is 0 Å². The molecule has 1 fully saturated rings. The first-order valence-electron chi connectivity index (χ1n) is 5.30. The van der Waals surface area contributed by atoms with Crippen molar-refractivity contribution in [3.63, 3.8) is 0 Å². The number of ether oxygens (including phenoxy) is 1. The van der Waals surface area contributed by atoms with Crippen molar-refractivity contribution >= 4 is 0 Å². The largest absolute Gasteiger partial charge is 0.381 e. The van der Waals surface area contributed by atoms with Crippen LogP contribution in [0.25, 0.3) is 0 Å². The van der Waals surface area contributed by atoms with E-state index in [1.165, 1.54) is 25.7 Å². The molecule has 1 rings (SSSR count). The average molecular weight is 170 g/mol. The molecule has 0 aliphatic carbocycles. The zero-order valence-electron chi connectivity index (χ0n) is 8.73. The molecule has 1 saturated heterocycles. The minimum Gasteiger partial charge on any atom is -0.381 e. The standard InChI is InChI=1S/C11H22O/c1-4-11(3,5-2)10-7-6-8-12-9-10/h10H,4-9H2,1-3H3. The van der Waals surface area contributed by atoms with Gasteiger partial charge in [0, 0.05) is 13.2 Å². The van der Waals surface area contributed by atoms with Crippen LogP contribution >= 0.6 is 0 Å². The lowest BCUT2D eigenvalue weighted by molar-refractivity contribution is -0.00617. The fraction of sp³-hybridized carbons (Fsp3) is 1.00. The van der Waals surface area contributed by atoms with Gasteiger partial charge in [-0.2, -0.15) is 0 Å². The Hall–Kier alpha value is -0.0400. The maximum absolute atomic E-state index is 5.53. The minimum absolute atomic E-state index is 0.528. The third-order valence-corrected chi connectivity index (χ3v) is 3.76. The van der Waals surface area contributed by atoms with Gasteiger partial charge in [0.25, 0.3) is 0 Å². The van der Waals surface area contributed by atoms with Gasteiger partial charge in [0.15, 0.2) is 0 Å². The van der Waals surface area contributed by atoms with Gasteiger partial charge in [0.05, 0.1) is 0 Å². The van der Waals surface area contributed by atoms with Gasteiger partial charge in [-0.25, -0.2) is 0 Å². The molecule has 1 heterocycles. The molecule has 1 aliphatic heterocycles. The molecule has 0 aromatic rings. The third-order valence-electron chi connectivity index (χ3n) is 3.76. The molecule has 1 unspecified atom stereocenters. The topological polar surface area (TPSA) is 9.23 Å². The zero-order chi connectivity index (χ0) is 9.03. The quantitative estimate of drug-likeness (QED) is 0.632. The number of hydrogen-bond donors (Lipinski definition) is 0. The Bertz CT molecular complexity index is 121. The van der Waals surface area contributed by atoms with Crippen molar-refractivity contribution in [2.24, 2.45) is 11.3 Å². The molecule has 1 heteroatoms. The average Bonchev–Trinajstić information content (AvgIpc) is 2.18. The Morgan fingerprint density at radius 3 is 2.42 bits per heavy atom. The summed E-state index contributed by atoms with van der Waals surface area (Å²) < 4.78 is 5.53. The maximum Gasteiger partial charge on any atom is 0.0499 e. The van der Waals surface area contributed by atoms with Crippen molar-refractivity contribution in [1.82, 2.24) is 0 Å². The Morgan fingerprint density at radius 1 is 1.33 bits per heavy atom.